The second-order valence-corrected chi connectivity index (χ2v) is 5.99. The summed E-state index contributed by atoms with van der Waals surface area (Å²) in [7, 11) is 0. The highest BCUT2D eigenvalue weighted by Crippen LogP contribution is 2.16. The number of benzene rings is 1. The van der Waals surface area contributed by atoms with E-state index in [0.29, 0.717) is 5.92 Å². The average molecular weight is 298 g/mol. The fraction of sp³-hybridized carbons (Fsp3) is 0.368. The van der Waals surface area contributed by atoms with Crippen molar-refractivity contribution < 1.29 is 4.79 Å². The lowest BCUT2D eigenvalue weighted by Gasteiger charge is -2.09. The first-order chi connectivity index (χ1) is 10.4. The van der Waals surface area contributed by atoms with Crippen molar-refractivity contribution in [3.05, 3.63) is 65.5 Å². The zero-order valence-corrected chi connectivity index (χ0v) is 13.9. The Morgan fingerprint density at radius 2 is 1.59 bits per heavy atom. The van der Waals surface area contributed by atoms with E-state index < -0.39 is 0 Å². The van der Waals surface area contributed by atoms with Crippen molar-refractivity contribution in [3.8, 4) is 0 Å². The molecule has 2 rings (SSSR count). The molecule has 0 aliphatic carbocycles. The number of nitrogens with two attached hydrogens (primary N) is 1. The maximum absolute atomic E-state index is 11.0. The summed E-state index contributed by atoms with van der Waals surface area (Å²) in [6.45, 7) is 8.27. The number of aryl methyl sites for hydroxylation is 1. The number of amides is 1. The van der Waals surface area contributed by atoms with Gasteiger partial charge in [0.15, 0.2) is 0 Å². The zero-order valence-electron chi connectivity index (χ0n) is 13.9. The second-order valence-electron chi connectivity index (χ2n) is 5.99. The van der Waals surface area contributed by atoms with Crippen LogP contribution in [0.4, 0.5) is 0 Å². The van der Waals surface area contributed by atoms with Crippen LogP contribution in [0.5, 0.6) is 0 Å². The minimum absolute atomic E-state index is 0.196. The van der Waals surface area contributed by atoms with Crippen LogP contribution in [0.2, 0.25) is 0 Å². The van der Waals surface area contributed by atoms with Gasteiger partial charge < -0.3 is 5.73 Å². The quantitative estimate of drug-likeness (QED) is 0.931. The minimum Gasteiger partial charge on any atom is -0.369 e. The molecule has 1 amide bonds. The number of carbonyl (C=O) groups excluding carboxylic acids is 1. The number of primary amides is 1. The van der Waals surface area contributed by atoms with Gasteiger partial charge in [-0.2, -0.15) is 0 Å². The van der Waals surface area contributed by atoms with Crippen molar-refractivity contribution in [2.75, 3.05) is 0 Å². The number of carbonyl (C=O) groups is 1. The zero-order chi connectivity index (χ0) is 16.5. The van der Waals surface area contributed by atoms with E-state index in [1.54, 1.807) is 12.4 Å². The van der Waals surface area contributed by atoms with Gasteiger partial charge in [-0.25, -0.2) is 0 Å². The number of hydrogen-bond acceptors (Lipinski definition) is 2. The van der Waals surface area contributed by atoms with E-state index >= 15 is 0 Å². The van der Waals surface area contributed by atoms with E-state index in [4.69, 9.17) is 5.73 Å². The fourth-order valence-electron chi connectivity index (χ4n) is 2.00. The Bertz CT molecular complexity index is 562. The summed E-state index contributed by atoms with van der Waals surface area (Å²) in [6.07, 6.45) is 4.65. The molecule has 0 fully saturated rings. The Balaban J connectivity index is 0.000000287. The molecule has 3 heteroatoms. The van der Waals surface area contributed by atoms with Gasteiger partial charge in [0, 0.05) is 12.4 Å². The molecule has 1 heterocycles. The summed E-state index contributed by atoms with van der Waals surface area (Å²) < 4.78 is 0. The average Bonchev–Trinajstić information content (AvgIpc) is 2.48. The predicted molar refractivity (Wildman–Crippen MR) is 91.6 cm³/mol. The Morgan fingerprint density at radius 3 is 1.95 bits per heavy atom. The standard InChI is InChI=1S/C13H19NO.C6H7N/c1-9(2)8-11-4-6-12(7-5-11)10(3)13(14)15;1-6-2-4-7-5-3-6/h4-7,9-10H,8H2,1-3H3,(H2,14,15);2-5H,1H3/t10-;/m1./s1. The molecule has 1 aromatic heterocycles. The molecule has 22 heavy (non-hydrogen) atoms. The number of rotatable bonds is 4. The van der Waals surface area contributed by atoms with Gasteiger partial charge in [0.25, 0.3) is 0 Å². The molecule has 0 unspecified atom stereocenters. The van der Waals surface area contributed by atoms with Crippen molar-refractivity contribution in [1.82, 2.24) is 4.98 Å². The first-order valence-electron chi connectivity index (χ1n) is 7.65. The van der Waals surface area contributed by atoms with Gasteiger partial charge in [-0.15, -0.1) is 0 Å². The summed E-state index contributed by atoms with van der Waals surface area (Å²) in [5.41, 5.74) is 8.81. The Labute approximate surface area is 133 Å². The van der Waals surface area contributed by atoms with Gasteiger partial charge in [-0.1, -0.05) is 38.1 Å². The fourth-order valence-corrected chi connectivity index (χ4v) is 2.00. The van der Waals surface area contributed by atoms with Gasteiger partial charge in [0.05, 0.1) is 5.92 Å². The molecular weight excluding hydrogens is 272 g/mol. The van der Waals surface area contributed by atoms with Crippen LogP contribution in [0.1, 0.15) is 43.4 Å². The van der Waals surface area contributed by atoms with Crippen molar-refractivity contribution in [2.45, 2.75) is 40.0 Å². The number of aromatic nitrogens is 1. The molecule has 1 atom stereocenters. The van der Waals surface area contributed by atoms with Crippen LogP contribution in [0, 0.1) is 12.8 Å². The molecule has 2 N–H and O–H groups in total. The molecule has 118 valence electrons. The normalized spacial score (nSPS) is 11.5. The van der Waals surface area contributed by atoms with Gasteiger partial charge in [-0.3, -0.25) is 9.78 Å². The highest BCUT2D eigenvalue weighted by molar-refractivity contribution is 5.81. The molecule has 0 aliphatic heterocycles. The monoisotopic (exact) mass is 298 g/mol. The lowest BCUT2D eigenvalue weighted by Crippen LogP contribution is -2.18. The second kappa shape index (κ2) is 8.98. The summed E-state index contributed by atoms with van der Waals surface area (Å²) in [6, 6.07) is 12.1. The third-order valence-corrected chi connectivity index (χ3v) is 3.40. The van der Waals surface area contributed by atoms with Crippen LogP contribution >= 0.6 is 0 Å². The molecule has 0 saturated heterocycles. The van der Waals surface area contributed by atoms with Crippen LogP contribution in [-0.4, -0.2) is 10.9 Å². The van der Waals surface area contributed by atoms with Crippen LogP contribution in [0.15, 0.2) is 48.8 Å². The Kier molecular flexibility index (Phi) is 7.30. The van der Waals surface area contributed by atoms with E-state index in [-0.39, 0.29) is 11.8 Å². The maximum Gasteiger partial charge on any atom is 0.224 e. The largest absolute Gasteiger partial charge is 0.369 e. The van der Waals surface area contributed by atoms with E-state index in [0.717, 1.165) is 12.0 Å². The smallest absolute Gasteiger partial charge is 0.224 e. The van der Waals surface area contributed by atoms with Crippen LogP contribution in [0.3, 0.4) is 0 Å². The third kappa shape index (κ3) is 6.53. The van der Waals surface area contributed by atoms with Gasteiger partial charge in [-0.05, 0) is 55.0 Å². The van der Waals surface area contributed by atoms with Gasteiger partial charge in [0.2, 0.25) is 5.91 Å². The van der Waals surface area contributed by atoms with Crippen LogP contribution in [0.25, 0.3) is 0 Å². The molecule has 0 saturated carbocycles. The minimum atomic E-state index is -0.272. The molecule has 0 spiro atoms. The van der Waals surface area contributed by atoms with Crippen LogP contribution in [-0.2, 0) is 11.2 Å². The van der Waals surface area contributed by atoms with E-state index in [2.05, 4.69) is 31.0 Å². The molecule has 1 aromatic carbocycles. The van der Waals surface area contributed by atoms with Crippen LogP contribution < -0.4 is 5.73 Å². The van der Waals surface area contributed by atoms with Crippen molar-refractivity contribution >= 4 is 5.91 Å². The maximum atomic E-state index is 11.0. The van der Waals surface area contributed by atoms with Crippen molar-refractivity contribution in [3.63, 3.8) is 0 Å². The first-order valence-corrected chi connectivity index (χ1v) is 7.65. The van der Waals surface area contributed by atoms with Gasteiger partial charge in [0.1, 0.15) is 0 Å². The van der Waals surface area contributed by atoms with E-state index in [1.165, 1.54) is 11.1 Å². The lowest BCUT2D eigenvalue weighted by molar-refractivity contribution is -0.119. The topological polar surface area (TPSA) is 56.0 Å². The molecular formula is C19H26N2O. The van der Waals surface area contributed by atoms with E-state index in [9.17, 15) is 4.79 Å². The van der Waals surface area contributed by atoms with Crippen molar-refractivity contribution in [2.24, 2.45) is 11.7 Å². The highest BCUT2D eigenvalue weighted by atomic mass is 16.1. The Morgan fingerprint density at radius 1 is 1.05 bits per heavy atom. The third-order valence-electron chi connectivity index (χ3n) is 3.40. The predicted octanol–water partition coefficient (Wildman–Crippen LogP) is 3.86. The molecule has 0 aliphatic rings. The molecule has 2 aromatic rings. The summed E-state index contributed by atoms with van der Waals surface area (Å²) in [5.74, 6) is 0.189. The summed E-state index contributed by atoms with van der Waals surface area (Å²) in [5, 5.41) is 0. The van der Waals surface area contributed by atoms with Crippen molar-refractivity contribution in [1.29, 1.82) is 0 Å². The SMILES string of the molecule is CC(C)Cc1ccc([C@@H](C)C(N)=O)cc1.Cc1ccncc1. The first kappa shape index (κ1) is 17.9. The molecule has 0 radical (unpaired) electrons. The summed E-state index contributed by atoms with van der Waals surface area (Å²) >= 11 is 0. The van der Waals surface area contributed by atoms with Gasteiger partial charge >= 0.3 is 0 Å². The highest BCUT2D eigenvalue weighted by Gasteiger charge is 2.10. The lowest BCUT2D eigenvalue weighted by atomic mass is 9.96. The molecule has 0 bridgehead atoms. The Hall–Kier alpha value is -2.16. The molecule has 3 nitrogen and oxygen atoms in total. The van der Waals surface area contributed by atoms with E-state index in [1.807, 2.05) is 38.1 Å². The number of pyridine rings is 1. The number of hydrogen-bond donors (Lipinski definition) is 1. The number of nitrogens with zero attached hydrogens (tertiary/aromatic N) is 1. The summed E-state index contributed by atoms with van der Waals surface area (Å²) in [4.78, 5) is 14.8.